The normalized spacial score (nSPS) is 11.3. The number of methoxy groups -OCH3 is 2. The highest BCUT2D eigenvalue weighted by Crippen LogP contribution is 2.24. The van der Waals surface area contributed by atoms with Gasteiger partial charge in [0.25, 0.3) is 0 Å². The lowest BCUT2D eigenvalue weighted by Gasteiger charge is -2.14. The number of aryl methyl sites for hydroxylation is 2. The fraction of sp³-hybridized carbons (Fsp3) is 0.444. The summed E-state index contributed by atoms with van der Waals surface area (Å²) in [5.41, 5.74) is 2.22. The van der Waals surface area contributed by atoms with E-state index in [0.29, 0.717) is 6.54 Å². The van der Waals surface area contributed by atoms with E-state index in [1.807, 2.05) is 42.2 Å². The molecule has 0 atom stereocenters. The Morgan fingerprint density at radius 2 is 2.08 bits per heavy atom. The summed E-state index contributed by atoms with van der Waals surface area (Å²) >= 11 is 0. The largest absolute Gasteiger partial charge is 0.497 e. The number of nitrogens with one attached hydrogen (secondary N) is 2. The maximum Gasteiger partial charge on any atom is 0.191 e. The number of benzene rings is 1. The molecule has 136 valence electrons. The molecule has 2 rings (SSSR count). The van der Waals surface area contributed by atoms with E-state index >= 15 is 0 Å². The third-order valence-corrected chi connectivity index (χ3v) is 3.78. The number of aromatic nitrogens is 2. The van der Waals surface area contributed by atoms with E-state index in [0.717, 1.165) is 42.5 Å². The smallest absolute Gasteiger partial charge is 0.191 e. The Labute approximate surface area is 149 Å². The molecule has 1 heterocycles. The first-order valence-corrected chi connectivity index (χ1v) is 8.30. The molecule has 0 saturated heterocycles. The third-order valence-electron chi connectivity index (χ3n) is 3.78. The molecule has 0 bridgehead atoms. The van der Waals surface area contributed by atoms with Crippen molar-refractivity contribution in [2.75, 3.05) is 27.8 Å². The molecular weight excluding hydrogens is 318 g/mol. The zero-order chi connectivity index (χ0) is 18.1. The van der Waals surface area contributed by atoms with Crippen LogP contribution in [-0.4, -0.2) is 43.6 Å². The van der Waals surface area contributed by atoms with Crippen LogP contribution in [0.3, 0.4) is 0 Å². The van der Waals surface area contributed by atoms with E-state index in [2.05, 4.69) is 20.7 Å². The Morgan fingerprint density at radius 3 is 2.72 bits per heavy atom. The van der Waals surface area contributed by atoms with Gasteiger partial charge < -0.3 is 20.1 Å². The Bertz CT molecular complexity index is 697. The standard InChI is InChI=1S/C18H27N5O2/c1-14-11-22-23(13-14)9-5-8-20-18(19-2)21-12-15-6-7-16(24-3)10-17(15)25-4/h6-7,10-11,13H,5,8-9,12H2,1-4H3,(H2,19,20,21). The molecule has 0 unspecified atom stereocenters. The summed E-state index contributed by atoms with van der Waals surface area (Å²) in [6.45, 7) is 4.36. The minimum Gasteiger partial charge on any atom is -0.497 e. The van der Waals surface area contributed by atoms with Crippen LogP contribution in [0.5, 0.6) is 11.5 Å². The van der Waals surface area contributed by atoms with Gasteiger partial charge in [-0.1, -0.05) is 0 Å². The Hall–Kier alpha value is -2.70. The summed E-state index contributed by atoms with van der Waals surface area (Å²) in [7, 11) is 5.06. The molecule has 25 heavy (non-hydrogen) atoms. The van der Waals surface area contributed by atoms with Gasteiger partial charge in [-0.25, -0.2) is 0 Å². The number of nitrogens with zero attached hydrogens (tertiary/aromatic N) is 3. The predicted molar refractivity (Wildman–Crippen MR) is 99.3 cm³/mol. The summed E-state index contributed by atoms with van der Waals surface area (Å²) in [6.07, 6.45) is 4.88. The van der Waals surface area contributed by atoms with Gasteiger partial charge in [0, 0.05) is 44.5 Å². The maximum atomic E-state index is 5.41. The lowest BCUT2D eigenvalue weighted by atomic mass is 10.2. The zero-order valence-electron chi connectivity index (χ0n) is 15.4. The summed E-state index contributed by atoms with van der Waals surface area (Å²) in [6, 6.07) is 5.78. The van der Waals surface area contributed by atoms with Gasteiger partial charge >= 0.3 is 0 Å². The predicted octanol–water partition coefficient (Wildman–Crippen LogP) is 1.96. The number of guanidine groups is 1. The highest BCUT2D eigenvalue weighted by Gasteiger charge is 2.06. The van der Waals surface area contributed by atoms with Crippen molar-refractivity contribution in [3.8, 4) is 11.5 Å². The van der Waals surface area contributed by atoms with Crippen molar-refractivity contribution in [1.82, 2.24) is 20.4 Å². The molecule has 1 aromatic heterocycles. The average Bonchev–Trinajstić information content (AvgIpc) is 3.06. The van der Waals surface area contributed by atoms with Crippen molar-refractivity contribution >= 4 is 5.96 Å². The van der Waals surface area contributed by atoms with Crippen molar-refractivity contribution in [2.45, 2.75) is 26.4 Å². The number of rotatable bonds is 8. The third kappa shape index (κ3) is 5.70. The molecule has 2 N–H and O–H groups in total. The summed E-state index contributed by atoms with van der Waals surface area (Å²) in [5, 5.41) is 10.9. The second-order valence-corrected chi connectivity index (χ2v) is 5.66. The van der Waals surface area contributed by atoms with Crippen LogP contribution in [0.1, 0.15) is 17.5 Å². The van der Waals surface area contributed by atoms with Gasteiger partial charge in [-0.3, -0.25) is 9.67 Å². The molecule has 0 aliphatic rings. The second-order valence-electron chi connectivity index (χ2n) is 5.66. The van der Waals surface area contributed by atoms with Gasteiger partial charge in [-0.05, 0) is 31.0 Å². The molecule has 2 aromatic rings. The molecule has 0 radical (unpaired) electrons. The molecule has 7 nitrogen and oxygen atoms in total. The summed E-state index contributed by atoms with van der Waals surface area (Å²) < 4.78 is 12.6. The van der Waals surface area contributed by atoms with E-state index in [4.69, 9.17) is 9.47 Å². The van der Waals surface area contributed by atoms with E-state index in [9.17, 15) is 0 Å². The van der Waals surface area contributed by atoms with Crippen LogP contribution in [0.25, 0.3) is 0 Å². The fourth-order valence-corrected chi connectivity index (χ4v) is 2.43. The van der Waals surface area contributed by atoms with Gasteiger partial charge in [-0.15, -0.1) is 0 Å². The van der Waals surface area contributed by atoms with E-state index < -0.39 is 0 Å². The number of hydrogen-bond donors (Lipinski definition) is 2. The molecule has 0 amide bonds. The second kappa shape index (κ2) is 9.56. The van der Waals surface area contributed by atoms with E-state index in [-0.39, 0.29) is 0 Å². The van der Waals surface area contributed by atoms with E-state index in [1.165, 1.54) is 5.56 Å². The van der Waals surface area contributed by atoms with Crippen molar-refractivity contribution in [2.24, 2.45) is 4.99 Å². The molecule has 0 fully saturated rings. The minimum absolute atomic E-state index is 0.616. The average molecular weight is 345 g/mol. The van der Waals surface area contributed by atoms with Crippen LogP contribution in [0.4, 0.5) is 0 Å². The van der Waals surface area contributed by atoms with Crippen LogP contribution >= 0.6 is 0 Å². The first-order chi connectivity index (χ1) is 12.2. The van der Waals surface area contributed by atoms with Gasteiger partial charge in [0.2, 0.25) is 0 Å². The number of ether oxygens (including phenoxy) is 2. The Kier molecular flexibility index (Phi) is 7.13. The zero-order valence-corrected chi connectivity index (χ0v) is 15.4. The number of hydrogen-bond acceptors (Lipinski definition) is 4. The van der Waals surface area contributed by atoms with Gasteiger partial charge in [0.1, 0.15) is 11.5 Å². The molecule has 7 heteroatoms. The molecule has 0 aliphatic heterocycles. The van der Waals surface area contributed by atoms with Crippen LogP contribution in [0.15, 0.2) is 35.6 Å². The van der Waals surface area contributed by atoms with Crippen LogP contribution in [-0.2, 0) is 13.1 Å². The monoisotopic (exact) mass is 345 g/mol. The molecule has 0 spiro atoms. The van der Waals surface area contributed by atoms with Gasteiger partial charge in [-0.2, -0.15) is 5.10 Å². The fourth-order valence-electron chi connectivity index (χ4n) is 2.43. The Balaban J connectivity index is 1.78. The van der Waals surface area contributed by atoms with Crippen molar-refractivity contribution in [1.29, 1.82) is 0 Å². The van der Waals surface area contributed by atoms with Gasteiger partial charge in [0.15, 0.2) is 5.96 Å². The quantitative estimate of drug-likeness (QED) is 0.435. The first kappa shape index (κ1) is 18.6. The van der Waals surface area contributed by atoms with Crippen molar-refractivity contribution in [3.63, 3.8) is 0 Å². The van der Waals surface area contributed by atoms with Crippen molar-refractivity contribution in [3.05, 3.63) is 41.7 Å². The SMILES string of the molecule is CN=C(NCCCn1cc(C)cn1)NCc1ccc(OC)cc1OC. The highest BCUT2D eigenvalue weighted by molar-refractivity contribution is 5.79. The van der Waals surface area contributed by atoms with Crippen molar-refractivity contribution < 1.29 is 9.47 Å². The van der Waals surface area contributed by atoms with Gasteiger partial charge in [0.05, 0.1) is 20.4 Å². The molecule has 1 aromatic carbocycles. The summed E-state index contributed by atoms with van der Waals surface area (Å²) in [4.78, 5) is 4.25. The minimum atomic E-state index is 0.616. The van der Waals surface area contributed by atoms with Crippen LogP contribution in [0.2, 0.25) is 0 Å². The lowest BCUT2D eigenvalue weighted by Crippen LogP contribution is -2.37. The van der Waals surface area contributed by atoms with E-state index in [1.54, 1.807) is 21.3 Å². The molecular formula is C18H27N5O2. The summed E-state index contributed by atoms with van der Waals surface area (Å²) in [5.74, 6) is 2.32. The van der Waals surface area contributed by atoms with Crippen LogP contribution < -0.4 is 20.1 Å². The Morgan fingerprint density at radius 1 is 1.24 bits per heavy atom. The topological polar surface area (TPSA) is 72.7 Å². The lowest BCUT2D eigenvalue weighted by molar-refractivity contribution is 0.390. The molecule has 0 aliphatic carbocycles. The first-order valence-electron chi connectivity index (χ1n) is 8.30. The molecule has 0 saturated carbocycles. The van der Waals surface area contributed by atoms with Crippen LogP contribution in [0, 0.1) is 6.92 Å². The number of aliphatic imine (C=N–C) groups is 1. The highest BCUT2D eigenvalue weighted by atomic mass is 16.5. The maximum absolute atomic E-state index is 5.41.